The van der Waals surface area contributed by atoms with Gasteiger partial charge in [0.15, 0.2) is 23.4 Å². The molecular weight excluding hydrogens is 326 g/mol. The molecule has 0 fully saturated rings. The number of furan rings is 1. The van der Waals surface area contributed by atoms with Crippen LogP contribution in [0.25, 0.3) is 22.1 Å². The van der Waals surface area contributed by atoms with Crippen LogP contribution in [0, 0.1) is 26.9 Å². The summed E-state index contributed by atoms with van der Waals surface area (Å²) in [5, 5.41) is 2.03. The minimum Gasteiger partial charge on any atom is -0.435 e. The highest BCUT2D eigenvalue weighted by molar-refractivity contribution is 6.10. The Labute approximate surface area is 151 Å². The van der Waals surface area contributed by atoms with Gasteiger partial charge < -0.3 is 9.32 Å². The van der Waals surface area contributed by atoms with Gasteiger partial charge in [0.2, 0.25) is 5.71 Å². The summed E-state index contributed by atoms with van der Waals surface area (Å²) in [6.07, 6.45) is 4.16. The van der Waals surface area contributed by atoms with Gasteiger partial charge in [0.05, 0.1) is 5.69 Å². The van der Waals surface area contributed by atoms with E-state index >= 15 is 0 Å². The lowest BCUT2D eigenvalue weighted by Gasteiger charge is -2.26. The fourth-order valence-electron chi connectivity index (χ4n) is 3.52. The fraction of sp³-hybridized carbons (Fsp3) is 0.150. The van der Waals surface area contributed by atoms with Gasteiger partial charge in [0.25, 0.3) is 0 Å². The van der Waals surface area contributed by atoms with Gasteiger partial charge >= 0.3 is 0 Å². The summed E-state index contributed by atoms with van der Waals surface area (Å²) in [6.45, 7) is 8.26. The summed E-state index contributed by atoms with van der Waals surface area (Å²) < 4.78 is 6.20. The third-order valence-corrected chi connectivity index (χ3v) is 4.88. The molecule has 6 heteroatoms. The van der Waals surface area contributed by atoms with Gasteiger partial charge in [-0.2, -0.15) is 0 Å². The highest BCUT2D eigenvalue weighted by Gasteiger charge is 2.37. The number of hydrogen-bond donors (Lipinski definition) is 0. The number of benzene rings is 1. The smallest absolute Gasteiger partial charge is 0.227 e. The zero-order chi connectivity index (χ0) is 18.0. The molecule has 0 aliphatic carbocycles. The van der Waals surface area contributed by atoms with E-state index in [1.165, 1.54) is 0 Å². The number of anilines is 3. The molecule has 0 saturated carbocycles. The molecule has 128 valence electrons. The maximum Gasteiger partial charge on any atom is 0.227 e. The topological polar surface area (TPSA) is 58.3 Å². The second kappa shape index (κ2) is 5.17. The van der Waals surface area contributed by atoms with Crippen LogP contribution >= 0.6 is 0 Å². The zero-order valence-corrected chi connectivity index (χ0v) is 14.8. The molecule has 6 nitrogen and oxygen atoms in total. The van der Waals surface area contributed by atoms with E-state index in [-0.39, 0.29) is 0 Å². The number of nitrogens with zero attached hydrogens (tertiary/aromatic N) is 5. The Morgan fingerprint density at radius 2 is 1.69 bits per heavy atom. The first kappa shape index (κ1) is 15.1. The van der Waals surface area contributed by atoms with E-state index in [2.05, 4.69) is 47.0 Å². The second-order valence-corrected chi connectivity index (χ2v) is 6.53. The lowest BCUT2D eigenvalue weighted by molar-refractivity contribution is 0.651. The van der Waals surface area contributed by atoms with Gasteiger partial charge in [0.1, 0.15) is 0 Å². The van der Waals surface area contributed by atoms with Crippen molar-refractivity contribution in [1.29, 1.82) is 0 Å². The molecule has 3 aromatic heterocycles. The number of aromatic nitrogens is 3. The standard InChI is InChI=1S/C20H17N5O/c1-11-5-7-14-15-8-6-12(2)23-20(15)26-17(14)16(11)25-13(3)24(4)18-19(25)22-10-9-21-18/h5-10H,3H2,1-2,4H3. The molecule has 0 bridgehead atoms. The highest BCUT2D eigenvalue weighted by Crippen LogP contribution is 2.48. The summed E-state index contributed by atoms with van der Waals surface area (Å²) >= 11 is 0. The van der Waals surface area contributed by atoms with Crippen molar-refractivity contribution in [3.05, 3.63) is 61.0 Å². The summed E-state index contributed by atoms with van der Waals surface area (Å²) in [5.74, 6) is 1.53. The molecule has 1 aliphatic heterocycles. The van der Waals surface area contributed by atoms with Crippen LogP contribution in [0.2, 0.25) is 0 Å². The van der Waals surface area contributed by atoms with E-state index < -0.39 is 0 Å². The van der Waals surface area contributed by atoms with Crippen LogP contribution in [0.1, 0.15) is 11.3 Å². The van der Waals surface area contributed by atoms with Crippen LogP contribution in [0.3, 0.4) is 0 Å². The quantitative estimate of drug-likeness (QED) is 0.513. The predicted octanol–water partition coefficient (Wildman–Crippen LogP) is 4.30. The lowest BCUT2D eigenvalue weighted by atomic mass is 10.1. The third kappa shape index (κ3) is 1.89. The number of aryl methyl sites for hydroxylation is 2. The van der Waals surface area contributed by atoms with Gasteiger partial charge in [-0.3, -0.25) is 4.90 Å². The minimum absolute atomic E-state index is 0.643. The molecule has 0 amide bonds. The van der Waals surface area contributed by atoms with E-state index in [9.17, 15) is 0 Å². The van der Waals surface area contributed by atoms with Crippen LogP contribution in [0.5, 0.6) is 0 Å². The summed E-state index contributed by atoms with van der Waals surface area (Å²) in [6, 6.07) is 8.23. The molecule has 5 rings (SSSR count). The Hall–Kier alpha value is -3.15. The lowest BCUT2D eigenvalue weighted by Crippen LogP contribution is -2.28. The highest BCUT2D eigenvalue weighted by atomic mass is 16.3. The van der Waals surface area contributed by atoms with Crippen molar-refractivity contribution in [1.82, 2.24) is 15.0 Å². The zero-order valence-electron chi connectivity index (χ0n) is 14.8. The molecule has 1 aliphatic rings. The average Bonchev–Trinajstić information content (AvgIpc) is 3.11. The molecule has 4 heterocycles. The first-order chi connectivity index (χ1) is 12.6. The van der Waals surface area contributed by atoms with Gasteiger partial charge in [-0.1, -0.05) is 12.1 Å². The van der Waals surface area contributed by atoms with Crippen molar-refractivity contribution in [2.75, 3.05) is 16.8 Å². The van der Waals surface area contributed by atoms with E-state index in [4.69, 9.17) is 4.42 Å². The summed E-state index contributed by atoms with van der Waals surface area (Å²) in [4.78, 5) is 17.5. The average molecular weight is 343 g/mol. The molecule has 0 spiro atoms. The fourth-order valence-corrected chi connectivity index (χ4v) is 3.52. The normalized spacial score (nSPS) is 14.6. The third-order valence-electron chi connectivity index (χ3n) is 4.88. The van der Waals surface area contributed by atoms with Gasteiger partial charge in [-0.15, -0.1) is 0 Å². The summed E-state index contributed by atoms with van der Waals surface area (Å²) in [7, 11) is 1.94. The molecule has 4 aromatic rings. The van der Waals surface area contributed by atoms with Crippen LogP contribution < -0.4 is 9.80 Å². The van der Waals surface area contributed by atoms with Crippen LogP contribution in [-0.4, -0.2) is 22.0 Å². The minimum atomic E-state index is 0.643. The maximum atomic E-state index is 6.20. The Morgan fingerprint density at radius 1 is 0.962 bits per heavy atom. The first-order valence-electron chi connectivity index (χ1n) is 8.39. The Balaban J connectivity index is 1.84. The largest absolute Gasteiger partial charge is 0.435 e. The molecular formula is C20H17N5O. The van der Waals surface area contributed by atoms with Crippen LogP contribution in [0.15, 0.2) is 41.1 Å². The molecule has 0 saturated heterocycles. The van der Waals surface area contributed by atoms with E-state index in [0.717, 1.165) is 51.1 Å². The van der Waals surface area contributed by atoms with Gasteiger partial charge in [-0.05, 0) is 38.5 Å². The van der Waals surface area contributed by atoms with E-state index in [1.807, 2.05) is 29.8 Å². The van der Waals surface area contributed by atoms with Gasteiger partial charge in [-0.25, -0.2) is 15.0 Å². The second-order valence-electron chi connectivity index (χ2n) is 6.53. The number of hydrogen-bond acceptors (Lipinski definition) is 6. The molecule has 26 heavy (non-hydrogen) atoms. The van der Waals surface area contributed by atoms with Gasteiger partial charge in [0, 0.05) is 35.9 Å². The van der Waals surface area contributed by atoms with Crippen molar-refractivity contribution in [2.24, 2.45) is 0 Å². The van der Waals surface area contributed by atoms with Crippen molar-refractivity contribution < 1.29 is 4.42 Å². The maximum absolute atomic E-state index is 6.20. The Kier molecular flexibility index (Phi) is 3.01. The SMILES string of the molecule is [CH2][C]1N(C)c2nccnc2N1c1c(C)ccc2c1oc1nc(C)ccc12. The monoisotopic (exact) mass is 343 g/mol. The Bertz CT molecular complexity index is 1170. The molecule has 1 aromatic carbocycles. The molecule has 0 atom stereocenters. The Morgan fingerprint density at radius 3 is 2.50 bits per heavy atom. The predicted molar refractivity (Wildman–Crippen MR) is 102 cm³/mol. The summed E-state index contributed by atoms with van der Waals surface area (Å²) in [5.41, 5.74) is 4.35. The van der Waals surface area contributed by atoms with Crippen molar-refractivity contribution in [3.63, 3.8) is 0 Å². The van der Waals surface area contributed by atoms with Crippen LogP contribution in [0.4, 0.5) is 17.3 Å². The number of pyridine rings is 1. The van der Waals surface area contributed by atoms with E-state index in [0.29, 0.717) is 5.71 Å². The van der Waals surface area contributed by atoms with Crippen molar-refractivity contribution in [2.45, 2.75) is 13.8 Å². The number of rotatable bonds is 1. The number of fused-ring (bicyclic) bond motifs is 4. The molecule has 0 N–H and O–H groups in total. The molecule has 0 unspecified atom stereocenters. The first-order valence-corrected chi connectivity index (χ1v) is 8.39. The van der Waals surface area contributed by atoms with E-state index in [1.54, 1.807) is 12.4 Å². The van der Waals surface area contributed by atoms with Crippen molar-refractivity contribution >= 4 is 39.4 Å². The van der Waals surface area contributed by atoms with Crippen LogP contribution in [-0.2, 0) is 0 Å². The van der Waals surface area contributed by atoms with Crippen molar-refractivity contribution in [3.8, 4) is 0 Å². The molecule has 2 radical (unpaired) electrons.